The van der Waals surface area contributed by atoms with Gasteiger partial charge in [0.25, 0.3) is 16.0 Å². The van der Waals surface area contributed by atoms with Gasteiger partial charge in [0.1, 0.15) is 90.0 Å². The summed E-state index contributed by atoms with van der Waals surface area (Å²) in [5.74, 6) is -1.59. The summed E-state index contributed by atoms with van der Waals surface area (Å²) in [5, 5.41) is 52.6. The molecule has 9 N–H and O–H groups in total. The molecule has 31 nitrogen and oxygen atoms in total. The number of aliphatic hydroxyl groups excluding tert-OH is 4. The molecule has 0 unspecified atom stereocenters. The van der Waals surface area contributed by atoms with Gasteiger partial charge in [-0.25, -0.2) is 9.59 Å². The third-order valence-corrected chi connectivity index (χ3v) is 24.7. The molecule has 0 radical (unpaired) electrons. The van der Waals surface area contributed by atoms with Crippen molar-refractivity contribution in [3.8, 4) is 46.0 Å². The zero-order valence-corrected chi connectivity index (χ0v) is 72.6. The molecule has 0 bridgehead atoms. The van der Waals surface area contributed by atoms with Gasteiger partial charge >= 0.3 is 18.1 Å². The first-order valence-electron chi connectivity index (χ1n) is 43.6. The molecular weight excluding hydrogens is 1720 g/mol. The molecule has 708 valence electrons. The van der Waals surface area contributed by atoms with Gasteiger partial charge in [0.15, 0.2) is 51.8 Å². The first-order chi connectivity index (χ1) is 61.4. The average Bonchev–Trinajstić information content (AvgIpc) is 1.60. The van der Waals surface area contributed by atoms with Gasteiger partial charge in [-0.2, -0.15) is 17.2 Å². The molecule has 10 aliphatic rings. The number of aliphatic hydroxyl groups is 4. The van der Waals surface area contributed by atoms with Crippen LogP contribution in [0.4, 0.5) is 18.4 Å². The van der Waals surface area contributed by atoms with Crippen molar-refractivity contribution >= 4 is 50.8 Å². The Bertz CT molecular complexity index is 5080. The number of hydrogen-bond acceptors (Lipinski definition) is 28. The molecule has 8 aromatic rings. The average molecular weight is 1850 g/mol. The lowest BCUT2D eigenvalue weighted by molar-refractivity contribution is -0.151. The van der Waals surface area contributed by atoms with Crippen LogP contribution in [-0.4, -0.2) is 283 Å². The summed E-state index contributed by atoms with van der Waals surface area (Å²) in [7, 11) is -3.79. The van der Waals surface area contributed by atoms with Gasteiger partial charge in [0.2, 0.25) is 0 Å². The molecule has 1 aromatic heterocycles. The minimum Gasteiger partial charge on any atom is -0.486 e. The fourth-order valence-corrected chi connectivity index (χ4v) is 16.9. The van der Waals surface area contributed by atoms with Gasteiger partial charge < -0.3 is 93.9 Å². The number of carbonyl (C=O) groups excluding carboxylic acids is 3. The minimum atomic E-state index is -3.97. The Balaban J connectivity index is 0.000000158. The van der Waals surface area contributed by atoms with Crippen LogP contribution in [-0.2, 0) is 47.7 Å². The number of fused-ring (bicyclic) bond motifs is 5. The van der Waals surface area contributed by atoms with E-state index in [1.165, 1.54) is 56.7 Å². The highest BCUT2D eigenvalue weighted by Gasteiger charge is 2.47. The van der Waals surface area contributed by atoms with E-state index in [-0.39, 0.29) is 53.7 Å². The number of nitrogens with one attached hydrogen (secondary N) is 3. The molecule has 7 aromatic carbocycles. The quantitative estimate of drug-likeness (QED) is 0.0202. The third kappa shape index (κ3) is 27.6. The Morgan fingerprint density at radius 3 is 1.15 bits per heavy atom. The molecule has 6 fully saturated rings. The number of carbonyl (C=O) groups is 3. The predicted octanol–water partition coefficient (Wildman–Crippen LogP) is 10.8. The lowest BCUT2D eigenvalue weighted by Crippen LogP contribution is -2.55. The van der Waals surface area contributed by atoms with Gasteiger partial charge in [-0.3, -0.25) is 38.4 Å². The molecular formula is C95H125ClF2N10O21S. The molecule has 8 heterocycles. The molecule has 3 saturated carbocycles. The Morgan fingerprint density at radius 2 is 0.785 bits per heavy atom. The second-order valence-corrected chi connectivity index (χ2v) is 35.4. The van der Waals surface area contributed by atoms with Crippen molar-refractivity contribution in [1.82, 2.24) is 45.3 Å². The highest BCUT2D eigenvalue weighted by molar-refractivity contribution is 7.86. The van der Waals surface area contributed by atoms with E-state index in [4.69, 9.17) is 73.3 Å². The maximum Gasteiger partial charge on any atom is 0.407 e. The number of benzene rings is 7. The van der Waals surface area contributed by atoms with Crippen molar-refractivity contribution < 1.29 is 108 Å². The SMILES string of the molecule is C.C.C.CS(=O)(=O)OC[C@@H](NC(=O)OCc1ccccc1)[C@H](O)c1ccc2c(c1)OCCO2.N[C@H](CN1CCN(C2CC2)CC1)[C@H](O)c1ccc2c(c1)OCCO2.O=C(N[C@H](CN1CCN(C2CC2)CC1)[C@H](O)c1ccc2c(c1)OCCO2)C(F)(F)c1cc2cc(Cl)ccc2o1.O=C(N[C@H](CN1CCN(C2CC2)CC1)[C@H](O)c1ccc2c(c1)OCCO2)OCc1ccccc1. The number of alkyl halides is 2. The Morgan fingerprint density at radius 1 is 0.446 bits per heavy atom. The summed E-state index contributed by atoms with van der Waals surface area (Å²) in [4.78, 5) is 52.3. The summed E-state index contributed by atoms with van der Waals surface area (Å²) >= 11 is 5.97. The Hall–Kier alpha value is -9.89. The maximum absolute atomic E-state index is 15.4. The highest BCUT2D eigenvalue weighted by atomic mass is 35.5. The van der Waals surface area contributed by atoms with E-state index < -0.39 is 89.0 Å². The van der Waals surface area contributed by atoms with E-state index in [1.54, 1.807) is 54.6 Å². The van der Waals surface area contributed by atoms with Gasteiger partial charge in [-0.15, -0.1) is 0 Å². The fraction of sp³-hybridized carbons (Fsp3) is 0.505. The lowest BCUT2D eigenvalue weighted by Gasteiger charge is -2.38. The summed E-state index contributed by atoms with van der Waals surface area (Å²) in [6.07, 6.45) is 3.13. The number of halogens is 3. The van der Waals surface area contributed by atoms with E-state index in [0.29, 0.717) is 139 Å². The highest BCUT2D eigenvalue weighted by Crippen LogP contribution is 2.41. The van der Waals surface area contributed by atoms with Crippen LogP contribution in [0.5, 0.6) is 46.0 Å². The minimum absolute atomic E-state index is 0. The van der Waals surface area contributed by atoms with Gasteiger partial charge in [0, 0.05) is 133 Å². The number of hydrogen-bond donors (Lipinski definition) is 8. The second-order valence-electron chi connectivity index (χ2n) is 33.3. The second kappa shape index (κ2) is 46.5. The smallest absolute Gasteiger partial charge is 0.407 e. The van der Waals surface area contributed by atoms with Crippen LogP contribution >= 0.6 is 11.6 Å². The zero-order valence-electron chi connectivity index (χ0n) is 71.0. The molecule has 3 saturated heterocycles. The number of alkyl carbamates (subject to hydrolysis) is 2. The molecule has 8 atom stereocenters. The molecule has 130 heavy (non-hydrogen) atoms. The predicted molar refractivity (Wildman–Crippen MR) is 486 cm³/mol. The first kappa shape index (κ1) is 99.1. The monoisotopic (exact) mass is 1850 g/mol. The lowest BCUT2D eigenvalue weighted by atomic mass is 10.00. The van der Waals surface area contributed by atoms with Crippen molar-refractivity contribution in [1.29, 1.82) is 0 Å². The number of rotatable bonds is 29. The summed E-state index contributed by atoms with van der Waals surface area (Å²) in [6, 6.07) is 44.3. The van der Waals surface area contributed by atoms with E-state index >= 15 is 8.78 Å². The van der Waals surface area contributed by atoms with E-state index in [1.807, 2.05) is 78.9 Å². The van der Waals surface area contributed by atoms with E-state index in [9.17, 15) is 43.2 Å². The molecule has 3 aliphatic carbocycles. The van der Waals surface area contributed by atoms with E-state index in [0.717, 1.165) is 125 Å². The van der Waals surface area contributed by atoms with Crippen molar-refractivity contribution in [2.45, 2.75) is 147 Å². The number of nitrogens with two attached hydrogens (primary N) is 1. The topological polar surface area (TPSA) is 362 Å². The number of furan rings is 1. The van der Waals surface area contributed by atoms with Crippen molar-refractivity contribution in [3.05, 3.63) is 202 Å². The van der Waals surface area contributed by atoms with Crippen LogP contribution in [0.15, 0.2) is 162 Å². The molecule has 0 spiro atoms. The van der Waals surface area contributed by atoms with Crippen LogP contribution in [0, 0.1) is 0 Å². The van der Waals surface area contributed by atoms with Crippen LogP contribution in [0.3, 0.4) is 0 Å². The van der Waals surface area contributed by atoms with Crippen LogP contribution in [0.2, 0.25) is 5.02 Å². The third-order valence-electron chi connectivity index (χ3n) is 23.9. The van der Waals surface area contributed by atoms with Crippen LogP contribution in [0.1, 0.15) is 124 Å². The molecule has 3 amide bonds. The number of amides is 3. The fourth-order valence-electron chi connectivity index (χ4n) is 16.4. The van der Waals surface area contributed by atoms with Gasteiger partial charge in [-0.05, 0) is 145 Å². The molecule has 35 heteroatoms. The van der Waals surface area contributed by atoms with Gasteiger partial charge in [-0.1, -0.05) is 119 Å². The van der Waals surface area contributed by atoms with Crippen molar-refractivity contribution in [3.63, 3.8) is 0 Å². The van der Waals surface area contributed by atoms with Crippen molar-refractivity contribution in [2.24, 2.45) is 5.73 Å². The summed E-state index contributed by atoms with van der Waals surface area (Å²) in [5.41, 5.74) is 10.5. The van der Waals surface area contributed by atoms with Crippen molar-refractivity contribution in [2.75, 3.05) is 164 Å². The maximum atomic E-state index is 15.4. The summed E-state index contributed by atoms with van der Waals surface area (Å²) in [6.45, 7) is 16.2. The standard InChI is InChI=1S/C28H30ClF2N3O5.C26H33N3O5.C20H23NO8S.C18H27N3O3.3CH4/c29-19-2-6-22-18(13-19)15-25(39-22)28(30,31)27(36)32-21(16-33-7-9-34(10-8-33)20-3-4-20)26(35)17-1-5-23-24(14-17)38-12-11-37-23;30-25(20-6-9-23-24(16-20)33-15-14-32-23)22(17-28-10-12-29(13-11-28)21-7-8-21)27-26(31)34-18-19-4-2-1-3-5-19;1-30(24,25)29-13-16(21-20(23)28-12-14-5-3-2-4-6-14)19(22)15-7-8-17-18(11-15)27-10-9-26-17;19-15(12-20-5-7-21(8-6-20)14-2-3-14)18(22)13-1-4-16-17(11-13)24-10-9-23-16;;;/h1-2,5-6,13-15,20-21,26,35H,3-4,7-12,16H2,(H,32,36);1-6,9,16,21-22,25,30H,7-8,10-15,17-18H2,(H,27,31);2-8,11,16,19,22H,9-10,12-13H2,1H3,(H,21,23);1,4,11,14-15,18,22H,2-3,5-10,12,19H2;3*1H4/t21-,26-;22-,25-;16-,19-;15-,18-;;;/m1111.../s1. The van der Waals surface area contributed by atoms with E-state index in [2.05, 4.69) is 45.3 Å². The Kier molecular flexibility index (Phi) is 35.4. The zero-order chi connectivity index (χ0) is 88.6. The normalized spacial score (nSPS) is 19.4. The van der Waals surface area contributed by atoms with Crippen LogP contribution < -0.4 is 59.6 Å². The Labute approximate surface area is 764 Å². The van der Waals surface area contributed by atoms with Crippen LogP contribution in [0.25, 0.3) is 11.0 Å². The number of ether oxygens (including phenoxy) is 10. The first-order valence-corrected chi connectivity index (χ1v) is 45.8. The summed E-state index contributed by atoms with van der Waals surface area (Å²) < 4.78 is 119. The largest absolute Gasteiger partial charge is 0.486 e. The van der Waals surface area contributed by atoms with Gasteiger partial charge in [0.05, 0.1) is 37.1 Å². The number of piperazine rings is 3. The molecule has 7 aliphatic heterocycles. The molecule has 18 rings (SSSR count). The number of nitrogens with zero attached hydrogens (tertiary/aromatic N) is 6.